The second-order valence-corrected chi connectivity index (χ2v) is 4.70. The average molecular weight is 324 g/mol. The van der Waals surface area contributed by atoms with Crippen LogP contribution < -0.4 is 10.6 Å². The van der Waals surface area contributed by atoms with Crippen LogP contribution in [-0.4, -0.2) is 30.6 Å². The van der Waals surface area contributed by atoms with E-state index >= 15 is 0 Å². The first-order valence-electron chi connectivity index (χ1n) is 6.38. The van der Waals surface area contributed by atoms with Crippen molar-refractivity contribution in [3.63, 3.8) is 0 Å². The van der Waals surface area contributed by atoms with Crippen molar-refractivity contribution in [2.45, 2.75) is 6.10 Å². The summed E-state index contributed by atoms with van der Waals surface area (Å²) in [6.07, 6.45) is 0.823. The fraction of sp³-hybridized carbons (Fsp3) is 0.214. The minimum Gasteiger partial charge on any atom is -0.375 e. The van der Waals surface area contributed by atoms with Crippen LogP contribution in [0.4, 0.5) is 5.82 Å². The zero-order valence-corrected chi connectivity index (χ0v) is 12.5. The number of carbonyl (C=O) groups is 2. The third-order valence-corrected chi connectivity index (χ3v) is 3.21. The number of halogens is 1. The molecule has 1 aromatic carbocycles. The molecule has 0 saturated heterocycles. The van der Waals surface area contributed by atoms with Gasteiger partial charge >= 0.3 is 11.8 Å². The van der Waals surface area contributed by atoms with Crippen LogP contribution in [0.5, 0.6) is 0 Å². The molecule has 2 aromatic rings. The molecule has 0 radical (unpaired) electrons. The molecule has 0 aliphatic heterocycles. The van der Waals surface area contributed by atoms with Crippen molar-refractivity contribution in [1.29, 1.82) is 0 Å². The molecular weight excluding hydrogens is 310 g/mol. The largest absolute Gasteiger partial charge is 0.375 e. The third kappa shape index (κ3) is 4.06. The van der Waals surface area contributed by atoms with Gasteiger partial charge in [0.05, 0.1) is 0 Å². The predicted molar refractivity (Wildman–Crippen MR) is 79.3 cm³/mol. The molecule has 0 spiro atoms. The maximum atomic E-state index is 11.7. The average Bonchev–Trinajstić information content (AvgIpc) is 3.02. The van der Waals surface area contributed by atoms with Crippen LogP contribution in [0.2, 0.25) is 5.02 Å². The second kappa shape index (κ2) is 7.58. The minimum atomic E-state index is -0.845. The molecule has 7 nitrogen and oxygen atoms in total. The van der Waals surface area contributed by atoms with Crippen LogP contribution in [0, 0.1) is 0 Å². The lowest BCUT2D eigenvalue weighted by Gasteiger charge is -2.17. The lowest BCUT2D eigenvalue weighted by Crippen LogP contribution is -2.38. The molecule has 1 aromatic heterocycles. The van der Waals surface area contributed by atoms with Gasteiger partial charge in [0.1, 0.15) is 12.4 Å². The van der Waals surface area contributed by atoms with Crippen LogP contribution >= 0.6 is 11.6 Å². The van der Waals surface area contributed by atoms with E-state index in [0.29, 0.717) is 5.02 Å². The highest BCUT2D eigenvalue weighted by molar-refractivity contribution is 6.39. The second-order valence-electron chi connectivity index (χ2n) is 4.29. The minimum absolute atomic E-state index is 0.102. The third-order valence-electron chi connectivity index (χ3n) is 2.87. The zero-order valence-electron chi connectivity index (χ0n) is 11.7. The van der Waals surface area contributed by atoms with Gasteiger partial charge in [-0.1, -0.05) is 35.0 Å². The molecule has 0 aliphatic carbocycles. The van der Waals surface area contributed by atoms with E-state index in [9.17, 15) is 9.59 Å². The van der Waals surface area contributed by atoms with Gasteiger partial charge in [0.2, 0.25) is 0 Å². The van der Waals surface area contributed by atoms with Crippen LogP contribution in [0.25, 0.3) is 0 Å². The van der Waals surface area contributed by atoms with Crippen LogP contribution in [0.15, 0.2) is 41.1 Å². The van der Waals surface area contributed by atoms with Crippen LogP contribution in [-0.2, 0) is 14.3 Å². The normalized spacial score (nSPS) is 11.7. The SMILES string of the molecule is CO[C@@H](CNC(=O)C(=O)Nc1ccon1)c1ccccc1Cl. The maximum Gasteiger partial charge on any atom is 0.314 e. The fourth-order valence-electron chi connectivity index (χ4n) is 1.77. The molecule has 2 amide bonds. The first-order chi connectivity index (χ1) is 10.6. The number of amides is 2. The molecule has 2 N–H and O–H groups in total. The summed E-state index contributed by atoms with van der Waals surface area (Å²) in [6.45, 7) is 0.102. The van der Waals surface area contributed by atoms with E-state index in [1.54, 1.807) is 18.2 Å². The summed E-state index contributed by atoms with van der Waals surface area (Å²) in [5.74, 6) is -1.49. The van der Waals surface area contributed by atoms with Crippen molar-refractivity contribution in [3.8, 4) is 0 Å². The van der Waals surface area contributed by atoms with E-state index in [4.69, 9.17) is 16.3 Å². The van der Waals surface area contributed by atoms with Crippen LogP contribution in [0.1, 0.15) is 11.7 Å². The molecule has 0 saturated carbocycles. The Labute approximate surface area is 131 Å². The van der Waals surface area contributed by atoms with E-state index in [1.807, 2.05) is 6.07 Å². The lowest BCUT2D eigenvalue weighted by molar-refractivity contribution is -0.136. The van der Waals surface area contributed by atoms with E-state index in [2.05, 4.69) is 20.3 Å². The molecule has 22 heavy (non-hydrogen) atoms. The number of methoxy groups -OCH3 is 1. The summed E-state index contributed by atoms with van der Waals surface area (Å²) < 4.78 is 9.85. The zero-order chi connectivity index (χ0) is 15.9. The first-order valence-corrected chi connectivity index (χ1v) is 6.76. The number of hydrogen-bond donors (Lipinski definition) is 2. The molecule has 8 heteroatoms. The van der Waals surface area contributed by atoms with Crippen LogP contribution in [0.3, 0.4) is 0 Å². The fourth-order valence-corrected chi connectivity index (χ4v) is 2.03. The Balaban J connectivity index is 1.91. The quantitative estimate of drug-likeness (QED) is 0.818. The number of aromatic nitrogens is 1. The number of anilines is 1. The Bertz CT molecular complexity index is 645. The van der Waals surface area contributed by atoms with E-state index in [0.717, 1.165) is 5.56 Å². The standard InChI is InChI=1S/C14H14ClN3O4/c1-21-11(9-4-2-3-5-10(9)15)8-16-13(19)14(20)17-12-6-7-22-18-12/h2-7,11H,8H2,1H3,(H,16,19)(H,17,18,20)/t11-/m0/s1. The van der Waals surface area contributed by atoms with Gasteiger partial charge in [-0.2, -0.15) is 0 Å². The highest BCUT2D eigenvalue weighted by atomic mass is 35.5. The number of nitrogens with zero attached hydrogens (tertiary/aromatic N) is 1. The van der Waals surface area contributed by atoms with Gasteiger partial charge < -0.3 is 14.6 Å². The summed E-state index contributed by atoms with van der Waals surface area (Å²) in [5.41, 5.74) is 0.726. The number of carbonyl (C=O) groups excluding carboxylic acids is 2. The van der Waals surface area contributed by atoms with Crippen molar-refractivity contribution in [1.82, 2.24) is 10.5 Å². The van der Waals surface area contributed by atoms with Crippen molar-refractivity contribution < 1.29 is 18.8 Å². The summed E-state index contributed by atoms with van der Waals surface area (Å²) in [7, 11) is 1.50. The summed E-state index contributed by atoms with van der Waals surface area (Å²) in [4.78, 5) is 23.4. The van der Waals surface area contributed by atoms with E-state index in [1.165, 1.54) is 19.4 Å². The van der Waals surface area contributed by atoms with Gasteiger partial charge in [-0.25, -0.2) is 0 Å². The van der Waals surface area contributed by atoms with E-state index < -0.39 is 17.9 Å². The molecule has 116 valence electrons. The maximum absolute atomic E-state index is 11.7. The van der Waals surface area contributed by atoms with Gasteiger partial charge in [0.25, 0.3) is 0 Å². The van der Waals surface area contributed by atoms with Crippen molar-refractivity contribution in [2.24, 2.45) is 0 Å². The number of benzene rings is 1. The molecule has 0 bridgehead atoms. The predicted octanol–water partition coefficient (Wildman–Crippen LogP) is 1.77. The Kier molecular flexibility index (Phi) is 5.51. The topological polar surface area (TPSA) is 93.5 Å². The highest BCUT2D eigenvalue weighted by Gasteiger charge is 2.19. The molecule has 0 fully saturated rings. The van der Waals surface area contributed by atoms with Gasteiger partial charge in [-0.05, 0) is 6.07 Å². The molecule has 0 aliphatic rings. The molecule has 0 unspecified atom stereocenters. The summed E-state index contributed by atoms with van der Waals surface area (Å²) in [6, 6.07) is 8.54. The number of nitrogens with one attached hydrogen (secondary N) is 2. The van der Waals surface area contributed by atoms with E-state index in [-0.39, 0.29) is 12.4 Å². The first kappa shape index (κ1) is 16.0. The molecular formula is C14H14ClN3O4. The number of hydrogen-bond acceptors (Lipinski definition) is 5. The van der Waals surface area contributed by atoms with Crippen molar-refractivity contribution >= 4 is 29.2 Å². The van der Waals surface area contributed by atoms with Gasteiger partial charge in [0.15, 0.2) is 5.82 Å². The Morgan fingerprint density at radius 3 is 2.73 bits per heavy atom. The Hall–Kier alpha value is -2.38. The smallest absolute Gasteiger partial charge is 0.314 e. The summed E-state index contributed by atoms with van der Waals surface area (Å²) >= 11 is 6.08. The lowest BCUT2D eigenvalue weighted by atomic mass is 10.1. The molecule has 2 rings (SSSR count). The van der Waals surface area contributed by atoms with Gasteiger partial charge in [0, 0.05) is 30.3 Å². The van der Waals surface area contributed by atoms with Gasteiger partial charge in [-0.3, -0.25) is 14.9 Å². The molecule has 1 atom stereocenters. The Morgan fingerprint density at radius 2 is 2.09 bits per heavy atom. The Morgan fingerprint density at radius 1 is 1.32 bits per heavy atom. The van der Waals surface area contributed by atoms with Crippen molar-refractivity contribution in [3.05, 3.63) is 47.2 Å². The summed E-state index contributed by atoms with van der Waals surface area (Å²) in [5, 5.41) is 8.77. The highest BCUT2D eigenvalue weighted by Crippen LogP contribution is 2.24. The molecule has 1 heterocycles. The van der Waals surface area contributed by atoms with Gasteiger partial charge in [-0.15, -0.1) is 0 Å². The van der Waals surface area contributed by atoms with Crippen molar-refractivity contribution in [2.75, 3.05) is 19.0 Å². The number of ether oxygens (including phenoxy) is 1. The monoisotopic (exact) mass is 323 g/mol. The number of rotatable bonds is 5.